The van der Waals surface area contributed by atoms with Crippen molar-refractivity contribution in [3.8, 4) is 6.07 Å². The maximum Gasteiger partial charge on any atom is 0.494 e. The van der Waals surface area contributed by atoms with Crippen molar-refractivity contribution in [1.82, 2.24) is 21.0 Å². The molecule has 6 heterocycles. The number of nitriles is 1. The second-order valence-corrected chi connectivity index (χ2v) is 25.0. The van der Waals surface area contributed by atoms with Gasteiger partial charge in [-0.2, -0.15) is 5.26 Å². The molecule has 84 heavy (non-hydrogen) atoms. The van der Waals surface area contributed by atoms with Crippen LogP contribution in [0.1, 0.15) is 116 Å². The van der Waals surface area contributed by atoms with E-state index in [9.17, 15) is 23.6 Å². The summed E-state index contributed by atoms with van der Waals surface area (Å²) in [5.41, 5.74) is 7.53. The largest absolute Gasteiger partial charge is 0.494 e. The van der Waals surface area contributed by atoms with Crippen LogP contribution in [0, 0.1) is 17.1 Å². The average molecular weight is 1380 g/mol. The Morgan fingerprint density at radius 1 is 0.560 bits per heavy atom. The van der Waals surface area contributed by atoms with E-state index in [0.29, 0.717) is 38.7 Å². The minimum absolute atomic E-state index is 0.0724. The van der Waals surface area contributed by atoms with Crippen molar-refractivity contribution >= 4 is 159 Å². The van der Waals surface area contributed by atoms with Crippen LogP contribution < -0.4 is 27.3 Å². The molecule has 22 nitrogen and oxygen atoms in total. The highest BCUT2D eigenvalue weighted by Gasteiger charge is 2.63. The molecule has 3 fully saturated rings. The Kier molecular flexibility index (Phi) is 24.5. The Balaban J connectivity index is 0.000000222. The lowest BCUT2D eigenvalue weighted by molar-refractivity contribution is -0.127. The highest BCUT2D eigenvalue weighted by Crippen LogP contribution is 2.43. The molecule has 30 heteroatoms. The molecule has 0 bridgehead atoms. The van der Waals surface area contributed by atoms with E-state index in [2.05, 4.69) is 85.5 Å². The average Bonchev–Trinajstić information content (AvgIpc) is 2.08. The minimum Gasteiger partial charge on any atom is -0.405 e. The van der Waals surface area contributed by atoms with E-state index in [0.717, 1.165) is 30.6 Å². The summed E-state index contributed by atoms with van der Waals surface area (Å²) in [6.45, 7) is 29.6. The van der Waals surface area contributed by atoms with Gasteiger partial charge in [0.05, 0.1) is 55.3 Å². The summed E-state index contributed by atoms with van der Waals surface area (Å²) in [5.74, 6) is 0.0331. The summed E-state index contributed by atoms with van der Waals surface area (Å²) in [5, 5.41) is 34.3. The molecule has 0 spiro atoms. The summed E-state index contributed by atoms with van der Waals surface area (Å²) < 4.78 is 66.2. The fourth-order valence-corrected chi connectivity index (χ4v) is 8.03. The van der Waals surface area contributed by atoms with Crippen molar-refractivity contribution in [2.24, 2.45) is 0 Å². The number of nitrogens with zero attached hydrogens (tertiary/aromatic N) is 4. The lowest BCUT2D eigenvalue weighted by Crippen LogP contribution is -2.41. The van der Waals surface area contributed by atoms with E-state index < -0.39 is 44.1 Å². The number of amides is 3. The predicted octanol–water partition coefficient (Wildman–Crippen LogP) is 11.8. The zero-order valence-corrected chi connectivity index (χ0v) is 54.7. The van der Waals surface area contributed by atoms with Gasteiger partial charge in [0, 0.05) is 41.1 Å². The number of aromatic nitrogens is 3. The van der Waals surface area contributed by atoms with Gasteiger partial charge < -0.3 is 57.9 Å². The molecule has 450 valence electrons. The Bertz CT molecular complexity index is 3420. The first-order valence-corrected chi connectivity index (χ1v) is 28.3. The quantitative estimate of drug-likeness (QED) is 0.0473. The second kappa shape index (κ2) is 29.1. The van der Waals surface area contributed by atoms with Crippen molar-refractivity contribution in [2.75, 3.05) is 16.4 Å². The molecule has 0 atom stereocenters. The molecule has 10 rings (SSSR count). The summed E-state index contributed by atoms with van der Waals surface area (Å²) in [6.07, 6.45) is 0. The molecular weight excluding hydrogens is 1310 g/mol. The molecule has 3 aliphatic heterocycles. The van der Waals surface area contributed by atoms with Crippen LogP contribution in [0.2, 0.25) is 0 Å². The van der Waals surface area contributed by atoms with Gasteiger partial charge in [-0.25, -0.2) is 9.87 Å². The third-order valence-electron chi connectivity index (χ3n) is 13.5. The fraction of sp³-hybridized carbons (Fsp3) is 0.407. The van der Waals surface area contributed by atoms with Gasteiger partial charge >= 0.3 is 21.1 Å². The van der Waals surface area contributed by atoms with Crippen LogP contribution in [0.4, 0.5) is 21.8 Å². The molecule has 3 amide bonds. The number of anilines is 3. The molecule has 3 saturated heterocycles. The molecular formula is C54H66B3Br3ClFN8O14. The topological polar surface area (TPSA) is 308 Å². The van der Waals surface area contributed by atoms with Crippen LogP contribution in [0.15, 0.2) is 99.8 Å². The third kappa shape index (κ3) is 19.1. The van der Waals surface area contributed by atoms with Gasteiger partial charge in [0.1, 0.15) is 11.9 Å². The van der Waals surface area contributed by atoms with Crippen LogP contribution in [0.25, 0.3) is 32.9 Å². The number of hydrogen-bond donors (Lipinski definition) is 5. The Morgan fingerprint density at radius 3 is 1.27 bits per heavy atom. The number of halogens is 5. The van der Waals surface area contributed by atoms with Gasteiger partial charge in [0.25, 0.3) is 0 Å². The van der Waals surface area contributed by atoms with Crippen molar-refractivity contribution in [2.45, 2.75) is 144 Å². The first kappa shape index (κ1) is 70.7. The first-order valence-electron chi connectivity index (χ1n) is 25.5. The van der Waals surface area contributed by atoms with Gasteiger partial charge in [0.15, 0.2) is 34.2 Å². The van der Waals surface area contributed by atoms with E-state index in [1.165, 1.54) is 45.3 Å². The number of fused-ring (bicyclic) bond motifs is 3. The molecule has 7 aromatic rings. The van der Waals surface area contributed by atoms with Crippen molar-refractivity contribution in [1.29, 1.82) is 5.26 Å². The number of rotatable bonds is 4. The number of nitrogens with two attached hydrogens (primary N) is 1. The molecule has 3 aliphatic rings. The van der Waals surface area contributed by atoms with Gasteiger partial charge in [-0.1, -0.05) is 69.3 Å². The number of benzene rings is 4. The molecule has 0 radical (unpaired) electrons. The van der Waals surface area contributed by atoms with E-state index >= 15 is 0 Å². The first-order chi connectivity index (χ1) is 38.7. The van der Waals surface area contributed by atoms with Crippen molar-refractivity contribution in [3.63, 3.8) is 0 Å². The summed E-state index contributed by atoms with van der Waals surface area (Å²) in [7, 11) is -1.41. The van der Waals surface area contributed by atoms with Crippen molar-refractivity contribution in [3.05, 3.63) is 97.6 Å². The maximum absolute atomic E-state index is 12.6. The highest BCUT2D eigenvalue weighted by atomic mass is 79.9. The summed E-state index contributed by atoms with van der Waals surface area (Å²) in [6, 6.07) is 22.7. The van der Waals surface area contributed by atoms with E-state index in [1.807, 2.05) is 132 Å². The Labute approximate surface area is 517 Å². The molecule has 4 aromatic carbocycles. The van der Waals surface area contributed by atoms with Crippen molar-refractivity contribution < 1.29 is 70.3 Å². The molecule has 0 saturated carbocycles. The van der Waals surface area contributed by atoms with Gasteiger partial charge in [-0.3, -0.25) is 24.4 Å². The number of nitrogens with one attached hydrogen (secondary N) is 3. The number of carbonyl (C=O) groups is 4. The summed E-state index contributed by atoms with van der Waals surface area (Å²) >= 11 is 14.3. The number of carbonyl (C=O) groups excluding carboxylic acids is 4. The van der Waals surface area contributed by atoms with Crippen LogP contribution >= 0.6 is 59.4 Å². The molecule has 0 unspecified atom stereocenters. The van der Waals surface area contributed by atoms with Crippen LogP contribution in [0.3, 0.4) is 0 Å². The minimum atomic E-state index is -0.489. The lowest BCUT2D eigenvalue weighted by Gasteiger charge is -2.32. The van der Waals surface area contributed by atoms with E-state index in [-0.39, 0.29) is 45.0 Å². The van der Waals surface area contributed by atoms with Crippen LogP contribution in [0.5, 0.6) is 0 Å². The summed E-state index contributed by atoms with van der Waals surface area (Å²) in [4.78, 5) is 40.6. The monoisotopic (exact) mass is 1370 g/mol. The smallest absolute Gasteiger partial charge is 0.405 e. The maximum atomic E-state index is 12.6. The van der Waals surface area contributed by atoms with Gasteiger partial charge in [-0.05, 0) is 167 Å². The molecule has 6 N–H and O–H groups in total. The molecule has 3 aromatic heterocycles. The van der Waals surface area contributed by atoms with Gasteiger partial charge in [0.2, 0.25) is 23.0 Å². The number of hydroxylamine groups is 1. The zero-order valence-electron chi connectivity index (χ0n) is 49.2. The third-order valence-corrected chi connectivity index (χ3v) is 15.0. The Hall–Kier alpha value is -5.77. The van der Waals surface area contributed by atoms with E-state index in [1.54, 1.807) is 18.2 Å². The van der Waals surface area contributed by atoms with Crippen LogP contribution in [-0.4, -0.2) is 98.4 Å². The normalized spacial score (nSPS) is 16.9. The highest BCUT2D eigenvalue weighted by molar-refractivity contribution is 9.11. The number of nitrogen functional groups attached to an aromatic ring is 1. The zero-order chi connectivity index (χ0) is 63.5. The standard InChI is InChI=1S/C15H19BN2O4.C12H24B2O4.C9H7BrN2O2.C7H3BrFN.C7H5BrN2O.C2H3ClO.C2H5NO2/c1-9(19)17-13-11-7-6-10(8-12(11)20-18-13)16-21-14(2,3)15(4,5)22-16;1-9(2)10(3,4)16-13(15-9)14-17-11(5,6)12(7,8)18-14;1-5(13)11-9-7-3-2-6(10)4-8(7)14-12-9;8-6-2-1-5(4-10)7(9)3-6;8-4-1-2-5-6(3-4)11-10-7(5)9;1-2(3)4;1-2(4)3-5/h6-8H,1-5H3,(H,17,18,19);1-8H3;2-4H,1H3,(H,11,12,13);1-3H;1-3H,(H2,9,10);1H3;5H,1H3,(H,3,4). The fourth-order valence-electron chi connectivity index (χ4n) is 7.02. The predicted molar refractivity (Wildman–Crippen MR) is 329 cm³/mol. The van der Waals surface area contributed by atoms with Crippen LogP contribution in [-0.2, 0) is 47.1 Å². The van der Waals surface area contributed by atoms with E-state index in [4.69, 9.17) is 57.7 Å². The second-order valence-electron chi connectivity index (χ2n) is 21.7. The molecule has 0 aliphatic carbocycles. The SMILES string of the molecule is CC(=O)Cl.CC(=O)NO.CC(=O)Nc1noc2cc(B3OC(C)(C)C(C)(C)O3)ccc12.CC(=O)Nc1noc2cc(Br)ccc12.CC1(C)OB(B2OC(C)(C)C(C)(C)O2)OC1(C)C.N#Cc1ccc(Br)cc1F.Nc1noc2cc(Br)ccc12. The lowest BCUT2D eigenvalue weighted by atomic mass is 9.49. The Morgan fingerprint density at radius 2 is 0.893 bits per heavy atom. The van der Waals surface area contributed by atoms with Gasteiger partial charge in [-0.15, -0.1) is 0 Å². The number of hydrogen-bond acceptors (Lipinski definition) is 19.